The van der Waals surface area contributed by atoms with Gasteiger partial charge < -0.3 is 9.97 Å². The first-order valence-corrected chi connectivity index (χ1v) is 6.99. The van der Waals surface area contributed by atoms with Gasteiger partial charge in [0.1, 0.15) is 0 Å². The molecule has 0 fully saturated rings. The van der Waals surface area contributed by atoms with E-state index in [0.29, 0.717) is 17.5 Å². The zero-order chi connectivity index (χ0) is 17.3. The molecule has 0 atom stereocenters. The first-order valence-electron chi connectivity index (χ1n) is 6.99. The van der Waals surface area contributed by atoms with Gasteiger partial charge in [-0.05, 0) is 35.9 Å². The Labute approximate surface area is 134 Å². The van der Waals surface area contributed by atoms with Gasteiger partial charge in [0.05, 0.1) is 16.4 Å². The summed E-state index contributed by atoms with van der Waals surface area (Å²) in [6.07, 6.45) is -1.38. The molecule has 5 nitrogen and oxygen atoms in total. The lowest BCUT2D eigenvalue weighted by molar-refractivity contribution is -0.385. The fourth-order valence-electron chi connectivity index (χ4n) is 2.64. The van der Waals surface area contributed by atoms with Crippen LogP contribution >= 0.6 is 0 Å². The minimum Gasteiger partial charge on any atom is -0.364 e. The number of hydrogen-bond donors (Lipinski definition) is 2. The van der Waals surface area contributed by atoms with Gasteiger partial charge in [0, 0.05) is 35.9 Å². The summed E-state index contributed by atoms with van der Waals surface area (Å²) in [5.41, 5.74) is -0.198. The lowest BCUT2D eigenvalue weighted by atomic mass is 9.91. The van der Waals surface area contributed by atoms with E-state index in [1.54, 1.807) is 36.7 Å². The smallest absolute Gasteiger partial charge is 0.364 e. The Hall–Kier alpha value is -3.03. The number of H-pyrrole nitrogens is 2. The van der Waals surface area contributed by atoms with Crippen LogP contribution in [0.3, 0.4) is 0 Å². The Bertz CT molecular complexity index is 806. The summed E-state index contributed by atoms with van der Waals surface area (Å²) in [7, 11) is 0. The molecule has 3 aromatic rings. The van der Waals surface area contributed by atoms with Crippen molar-refractivity contribution in [1.82, 2.24) is 9.97 Å². The second-order valence-corrected chi connectivity index (χ2v) is 5.25. The highest BCUT2D eigenvalue weighted by Gasteiger charge is 2.34. The van der Waals surface area contributed by atoms with Crippen LogP contribution in [-0.4, -0.2) is 14.9 Å². The number of nitrogens with zero attached hydrogens (tertiary/aromatic N) is 1. The topological polar surface area (TPSA) is 74.7 Å². The molecule has 0 spiro atoms. The molecule has 24 heavy (non-hydrogen) atoms. The molecule has 0 saturated carbocycles. The average Bonchev–Trinajstić information content (AvgIpc) is 3.20. The van der Waals surface area contributed by atoms with E-state index in [0.717, 1.165) is 6.07 Å². The lowest BCUT2D eigenvalue weighted by Gasteiger charge is -2.17. The maximum absolute atomic E-state index is 13.1. The number of nitrogens with one attached hydrogen (secondary N) is 2. The number of nitro groups is 1. The Balaban J connectivity index is 2.21. The van der Waals surface area contributed by atoms with Crippen molar-refractivity contribution in [3.8, 4) is 0 Å². The number of aromatic nitrogens is 2. The molecule has 0 bridgehead atoms. The molecule has 124 valence electrons. The molecule has 3 rings (SSSR count). The maximum atomic E-state index is 13.1. The Kier molecular flexibility index (Phi) is 3.88. The molecule has 0 aliphatic rings. The third-order valence-electron chi connectivity index (χ3n) is 3.68. The van der Waals surface area contributed by atoms with Crippen molar-refractivity contribution in [2.24, 2.45) is 0 Å². The molecule has 8 heteroatoms. The molecule has 2 aromatic heterocycles. The van der Waals surface area contributed by atoms with Crippen LogP contribution in [0.1, 0.15) is 28.4 Å². The quantitative estimate of drug-likeness (QED) is 0.546. The predicted octanol–water partition coefficient (Wildman–Crippen LogP) is 4.45. The Morgan fingerprint density at radius 3 is 2.00 bits per heavy atom. The summed E-state index contributed by atoms with van der Waals surface area (Å²) in [6.45, 7) is 0. The van der Waals surface area contributed by atoms with Crippen molar-refractivity contribution in [1.29, 1.82) is 0 Å². The first kappa shape index (κ1) is 15.9. The van der Waals surface area contributed by atoms with Crippen LogP contribution in [-0.2, 0) is 6.18 Å². The van der Waals surface area contributed by atoms with Gasteiger partial charge in [-0.15, -0.1) is 0 Å². The van der Waals surface area contributed by atoms with E-state index in [9.17, 15) is 23.3 Å². The molecule has 0 aliphatic carbocycles. The Morgan fingerprint density at radius 1 is 1.00 bits per heavy atom. The maximum Gasteiger partial charge on any atom is 0.416 e. The van der Waals surface area contributed by atoms with Crippen molar-refractivity contribution in [2.75, 3.05) is 0 Å². The van der Waals surface area contributed by atoms with Crippen LogP contribution < -0.4 is 0 Å². The standard InChI is InChI=1S/C16H12F3N3O2/c17-16(18,19)11-7-10(8-12(9-11)22(23)24)15(13-3-1-5-20-13)14-4-2-6-21-14/h1-9,15,20-21H. The molecule has 2 N–H and O–H groups in total. The molecule has 0 aliphatic heterocycles. The summed E-state index contributed by atoms with van der Waals surface area (Å²) in [6, 6.07) is 9.53. The molecular formula is C16H12F3N3O2. The lowest BCUT2D eigenvalue weighted by Crippen LogP contribution is -2.10. The van der Waals surface area contributed by atoms with E-state index in [1.807, 2.05) is 0 Å². The summed E-state index contributed by atoms with van der Waals surface area (Å²) in [5, 5.41) is 11.1. The Morgan fingerprint density at radius 2 is 1.58 bits per heavy atom. The fraction of sp³-hybridized carbons (Fsp3) is 0.125. The van der Waals surface area contributed by atoms with Crippen molar-refractivity contribution >= 4 is 5.69 Å². The van der Waals surface area contributed by atoms with Crippen LogP contribution in [0.15, 0.2) is 54.9 Å². The van der Waals surface area contributed by atoms with Gasteiger partial charge in [0.25, 0.3) is 5.69 Å². The third kappa shape index (κ3) is 3.03. The number of rotatable bonds is 4. The largest absolute Gasteiger partial charge is 0.416 e. The molecule has 2 heterocycles. The summed E-state index contributed by atoms with van der Waals surface area (Å²) in [4.78, 5) is 16.1. The normalized spacial score (nSPS) is 11.8. The highest BCUT2D eigenvalue weighted by atomic mass is 19.4. The predicted molar refractivity (Wildman–Crippen MR) is 80.6 cm³/mol. The van der Waals surface area contributed by atoms with Crippen molar-refractivity contribution in [3.05, 3.63) is 87.5 Å². The highest BCUT2D eigenvalue weighted by molar-refractivity contribution is 5.47. The fourth-order valence-corrected chi connectivity index (χ4v) is 2.64. The number of non-ortho nitro benzene ring substituents is 1. The van der Waals surface area contributed by atoms with Crippen LogP contribution in [0.4, 0.5) is 18.9 Å². The van der Waals surface area contributed by atoms with Gasteiger partial charge in [-0.25, -0.2) is 0 Å². The van der Waals surface area contributed by atoms with Gasteiger partial charge in [0.2, 0.25) is 0 Å². The molecule has 0 amide bonds. The zero-order valence-electron chi connectivity index (χ0n) is 12.2. The van der Waals surface area contributed by atoms with Crippen LogP contribution in [0.2, 0.25) is 0 Å². The van der Waals surface area contributed by atoms with Crippen molar-refractivity contribution < 1.29 is 18.1 Å². The van der Waals surface area contributed by atoms with Crippen LogP contribution in [0.25, 0.3) is 0 Å². The van der Waals surface area contributed by atoms with Crippen molar-refractivity contribution in [3.63, 3.8) is 0 Å². The number of halogens is 3. The molecule has 0 unspecified atom stereocenters. The van der Waals surface area contributed by atoms with Gasteiger partial charge in [-0.1, -0.05) is 0 Å². The molecule has 1 aromatic carbocycles. The zero-order valence-corrected chi connectivity index (χ0v) is 12.2. The number of hydrogen-bond acceptors (Lipinski definition) is 2. The van der Waals surface area contributed by atoms with E-state index >= 15 is 0 Å². The van der Waals surface area contributed by atoms with Crippen LogP contribution in [0.5, 0.6) is 0 Å². The van der Waals surface area contributed by atoms with Gasteiger partial charge in [-0.3, -0.25) is 10.1 Å². The van der Waals surface area contributed by atoms with Crippen LogP contribution in [0, 0.1) is 10.1 Å². The van der Waals surface area contributed by atoms with E-state index in [4.69, 9.17) is 0 Å². The van der Waals surface area contributed by atoms with Gasteiger partial charge in [0.15, 0.2) is 0 Å². The summed E-state index contributed by atoms with van der Waals surface area (Å²) < 4.78 is 39.4. The molecule has 0 saturated heterocycles. The second-order valence-electron chi connectivity index (χ2n) is 5.25. The van der Waals surface area contributed by atoms with E-state index < -0.39 is 28.3 Å². The highest BCUT2D eigenvalue weighted by Crippen LogP contribution is 2.37. The SMILES string of the molecule is O=[N+]([O-])c1cc(C(c2ccc[nH]2)c2ccc[nH]2)cc(C(F)(F)F)c1. The van der Waals surface area contributed by atoms with E-state index in [2.05, 4.69) is 9.97 Å². The van der Waals surface area contributed by atoms with E-state index in [1.165, 1.54) is 6.07 Å². The average molecular weight is 335 g/mol. The van der Waals surface area contributed by atoms with E-state index in [-0.39, 0.29) is 5.56 Å². The van der Waals surface area contributed by atoms with Crippen molar-refractivity contribution in [2.45, 2.75) is 12.1 Å². The second kappa shape index (κ2) is 5.88. The van der Waals surface area contributed by atoms with Gasteiger partial charge in [-0.2, -0.15) is 13.2 Å². The number of alkyl halides is 3. The third-order valence-corrected chi connectivity index (χ3v) is 3.68. The number of nitro benzene ring substituents is 1. The molecule has 0 radical (unpaired) electrons. The first-order chi connectivity index (χ1) is 11.4. The minimum atomic E-state index is -4.67. The number of aromatic amines is 2. The monoisotopic (exact) mass is 335 g/mol. The van der Waals surface area contributed by atoms with Gasteiger partial charge >= 0.3 is 6.18 Å². The molecular weight excluding hydrogens is 323 g/mol. The summed E-state index contributed by atoms with van der Waals surface area (Å²) >= 11 is 0. The number of benzene rings is 1. The summed E-state index contributed by atoms with van der Waals surface area (Å²) in [5.74, 6) is -0.601. The minimum absolute atomic E-state index is 0.182.